The van der Waals surface area contributed by atoms with Crippen LogP contribution in [0, 0.1) is 0 Å². The topological polar surface area (TPSA) is 87.0 Å². The van der Waals surface area contributed by atoms with E-state index in [0.29, 0.717) is 5.82 Å². The molecule has 9 heteroatoms. The summed E-state index contributed by atoms with van der Waals surface area (Å²) in [7, 11) is 3.26. The van der Waals surface area contributed by atoms with Crippen LogP contribution in [0.3, 0.4) is 0 Å². The van der Waals surface area contributed by atoms with Gasteiger partial charge in [0.15, 0.2) is 5.82 Å². The van der Waals surface area contributed by atoms with Gasteiger partial charge >= 0.3 is 0 Å². The SMILES string of the molecule is Cn1nnnc1COc1ccc(C(C)(C)C)cc1S(=O)(=O)Cl. The molecule has 0 bridgehead atoms. The Morgan fingerprint density at radius 3 is 2.50 bits per heavy atom. The van der Waals surface area contributed by atoms with Gasteiger partial charge in [0.1, 0.15) is 17.3 Å². The zero-order valence-corrected chi connectivity index (χ0v) is 14.3. The second-order valence-corrected chi connectivity index (χ2v) is 8.39. The number of benzene rings is 1. The van der Waals surface area contributed by atoms with E-state index >= 15 is 0 Å². The fourth-order valence-corrected chi connectivity index (χ4v) is 2.79. The van der Waals surface area contributed by atoms with Gasteiger partial charge in [-0.1, -0.05) is 26.8 Å². The molecule has 1 aromatic heterocycles. The highest BCUT2D eigenvalue weighted by molar-refractivity contribution is 8.13. The van der Waals surface area contributed by atoms with E-state index < -0.39 is 9.05 Å². The fraction of sp³-hybridized carbons (Fsp3) is 0.462. The van der Waals surface area contributed by atoms with Gasteiger partial charge < -0.3 is 4.74 Å². The van der Waals surface area contributed by atoms with Crippen molar-refractivity contribution >= 4 is 19.7 Å². The van der Waals surface area contributed by atoms with E-state index in [2.05, 4.69) is 15.5 Å². The van der Waals surface area contributed by atoms with Crippen molar-refractivity contribution in [3.05, 3.63) is 29.6 Å². The van der Waals surface area contributed by atoms with Crippen molar-refractivity contribution in [2.24, 2.45) is 7.05 Å². The molecule has 0 atom stereocenters. The highest BCUT2D eigenvalue weighted by Gasteiger charge is 2.22. The molecule has 1 aromatic carbocycles. The number of aryl methyl sites for hydroxylation is 1. The van der Waals surface area contributed by atoms with Crippen molar-refractivity contribution in [3.63, 3.8) is 0 Å². The quantitative estimate of drug-likeness (QED) is 0.788. The highest BCUT2D eigenvalue weighted by Crippen LogP contribution is 2.33. The fourth-order valence-electron chi connectivity index (χ4n) is 1.80. The van der Waals surface area contributed by atoms with Crippen LogP contribution in [-0.2, 0) is 28.1 Å². The Morgan fingerprint density at radius 1 is 1.32 bits per heavy atom. The molecule has 0 N–H and O–H groups in total. The molecule has 0 amide bonds. The Kier molecular flexibility index (Phi) is 4.44. The first-order valence-corrected chi connectivity index (χ1v) is 8.83. The molecule has 0 aliphatic carbocycles. The monoisotopic (exact) mass is 344 g/mol. The first-order valence-electron chi connectivity index (χ1n) is 6.52. The molecule has 0 spiro atoms. The molecule has 0 aliphatic rings. The second kappa shape index (κ2) is 5.85. The molecule has 0 saturated heterocycles. The third-order valence-corrected chi connectivity index (χ3v) is 4.48. The van der Waals surface area contributed by atoms with Crippen LogP contribution < -0.4 is 4.74 Å². The summed E-state index contributed by atoms with van der Waals surface area (Å²) in [6.45, 7) is 5.99. The Morgan fingerprint density at radius 2 is 2.00 bits per heavy atom. The van der Waals surface area contributed by atoms with Gasteiger partial charge in [0.25, 0.3) is 9.05 Å². The van der Waals surface area contributed by atoms with E-state index in [1.165, 1.54) is 10.7 Å². The molecule has 0 saturated carbocycles. The van der Waals surface area contributed by atoms with Crippen LogP contribution in [0.2, 0.25) is 0 Å². The van der Waals surface area contributed by atoms with Crippen molar-refractivity contribution in [2.75, 3.05) is 0 Å². The lowest BCUT2D eigenvalue weighted by Gasteiger charge is -2.20. The lowest BCUT2D eigenvalue weighted by atomic mass is 9.87. The van der Waals surface area contributed by atoms with E-state index in [1.54, 1.807) is 13.1 Å². The minimum absolute atomic E-state index is 0.0395. The van der Waals surface area contributed by atoms with Crippen molar-refractivity contribution in [1.82, 2.24) is 20.2 Å². The van der Waals surface area contributed by atoms with Crippen molar-refractivity contribution in [1.29, 1.82) is 0 Å². The van der Waals surface area contributed by atoms with Gasteiger partial charge in [-0.05, 0) is 33.5 Å². The maximum Gasteiger partial charge on any atom is 0.264 e. The molecule has 22 heavy (non-hydrogen) atoms. The summed E-state index contributed by atoms with van der Waals surface area (Å²) >= 11 is 0. The molecule has 1 heterocycles. The molecular weight excluding hydrogens is 328 g/mol. The third-order valence-electron chi connectivity index (χ3n) is 3.14. The smallest absolute Gasteiger partial charge is 0.264 e. The van der Waals surface area contributed by atoms with Gasteiger partial charge in [0.2, 0.25) is 0 Å². The largest absolute Gasteiger partial charge is 0.484 e. The number of tetrazole rings is 1. The van der Waals surface area contributed by atoms with Crippen LogP contribution in [0.25, 0.3) is 0 Å². The van der Waals surface area contributed by atoms with Crippen LogP contribution >= 0.6 is 10.7 Å². The number of rotatable bonds is 4. The van der Waals surface area contributed by atoms with Crippen LogP contribution in [0.5, 0.6) is 5.75 Å². The average molecular weight is 345 g/mol. The van der Waals surface area contributed by atoms with Crippen LogP contribution in [0.15, 0.2) is 23.1 Å². The van der Waals surface area contributed by atoms with Gasteiger partial charge in [0.05, 0.1) is 0 Å². The van der Waals surface area contributed by atoms with Crippen LogP contribution in [-0.4, -0.2) is 28.6 Å². The Labute approximate surface area is 133 Å². The normalized spacial score (nSPS) is 12.4. The molecule has 0 radical (unpaired) electrons. The Hall–Kier alpha value is -1.67. The second-order valence-electron chi connectivity index (χ2n) is 5.86. The molecule has 0 aliphatic heterocycles. The molecule has 2 aromatic rings. The summed E-state index contributed by atoms with van der Waals surface area (Å²) in [5.41, 5.74) is 0.641. The van der Waals surface area contributed by atoms with Gasteiger partial charge in [-0.3, -0.25) is 0 Å². The van der Waals surface area contributed by atoms with E-state index in [1.807, 2.05) is 26.8 Å². The number of ether oxygens (including phenoxy) is 1. The maximum atomic E-state index is 11.8. The third kappa shape index (κ3) is 3.75. The standard InChI is InChI=1S/C13H17ClN4O3S/c1-13(2,3)9-5-6-10(11(7-9)22(14,19)20)21-8-12-15-16-17-18(12)4/h5-7H,8H2,1-4H3. The van der Waals surface area contributed by atoms with Gasteiger partial charge in [0, 0.05) is 17.7 Å². The predicted octanol–water partition coefficient (Wildman–Crippen LogP) is 2.01. The zero-order valence-electron chi connectivity index (χ0n) is 12.7. The minimum Gasteiger partial charge on any atom is -0.484 e. The van der Waals surface area contributed by atoms with E-state index in [-0.39, 0.29) is 22.7 Å². The summed E-state index contributed by atoms with van der Waals surface area (Å²) < 4.78 is 30.6. The van der Waals surface area contributed by atoms with E-state index in [0.717, 1.165) is 5.56 Å². The average Bonchev–Trinajstić information content (AvgIpc) is 2.79. The number of nitrogens with zero attached hydrogens (tertiary/aromatic N) is 4. The van der Waals surface area contributed by atoms with E-state index in [4.69, 9.17) is 15.4 Å². The number of hydrogen-bond acceptors (Lipinski definition) is 6. The highest BCUT2D eigenvalue weighted by atomic mass is 35.7. The van der Waals surface area contributed by atoms with Gasteiger partial charge in [-0.15, -0.1) is 5.10 Å². The maximum absolute atomic E-state index is 11.8. The number of aromatic nitrogens is 4. The van der Waals surface area contributed by atoms with Gasteiger partial charge in [-0.25, -0.2) is 13.1 Å². The lowest BCUT2D eigenvalue weighted by Crippen LogP contribution is -2.13. The molecule has 2 rings (SSSR count). The van der Waals surface area contributed by atoms with Gasteiger partial charge in [-0.2, -0.15) is 0 Å². The molecular formula is C13H17ClN4O3S. The molecule has 7 nitrogen and oxygen atoms in total. The Balaban J connectivity index is 2.37. The predicted molar refractivity (Wildman–Crippen MR) is 81.3 cm³/mol. The molecule has 120 valence electrons. The zero-order chi connectivity index (χ0) is 16.5. The van der Waals surface area contributed by atoms with E-state index in [9.17, 15) is 8.42 Å². The summed E-state index contributed by atoms with van der Waals surface area (Å²) in [6.07, 6.45) is 0. The minimum atomic E-state index is -3.93. The summed E-state index contributed by atoms with van der Waals surface area (Å²) in [6, 6.07) is 4.95. The Bertz CT molecular complexity index is 781. The number of hydrogen-bond donors (Lipinski definition) is 0. The lowest BCUT2D eigenvalue weighted by molar-refractivity contribution is 0.282. The first kappa shape index (κ1) is 16.7. The van der Waals surface area contributed by atoms with Crippen molar-refractivity contribution < 1.29 is 13.2 Å². The summed E-state index contributed by atoms with van der Waals surface area (Å²) in [4.78, 5) is -0.0586. The summed E-state index contributed by atoms with van der Waals surface area (Å²) in [5, 5.41) is 10.9. The molecule has 0 unspecified atom stereocenters. The van der Waals surface area contributed by atoms with Crippen LogP contribution in [0.1, 0.15) is 32.2 Å². The van der Waals surface area contributed by atoms with Crippen LogP contribution in [0.4, 0.5) is 0 Å². The number of halogens is 1. The van der Waals surface area contributed by atoms with Crippen molar-refractivity contribution in [2.45, 2.75) is 37.7 Å². The first-order chi connectivity index (χ1) is 10.1. The van der Waals surface area contributed by atoms with Crippen molar-refractivity contribution in [3.8, 4) is 5.75 Å². The summed E-state index contributed by atoms with van der Waals surface area (Å²) in [5.74, 6) is 0.642. The molecule has 0 fully saturated rings.